The van der Waals surface area contributed by atoms with Crippen molar-refractivity contribution in [1.82, 2.24) is 10.3 Å². The number of methoxy groups -OCH3 is 1. The molecule has 0 aliphatic carbocycles. The number of anilines is 2. The highest BCUT2D eigenvalue weighted by Crippen LogP contribution is 2.33. The average molecular weight is 431 g/mol. The highest BCUT2D eigenvalue weighted by molar-refractivity contribution is 7.14. The van der Waals surface area contributed by atoms with Gasteiger partial charge in [0.15, 0.2) is 5.13 Å². The molecule has 2 amide bonds. The zero-order valence-corrected chi connectivity index (χ0v) is 17.4. The summed E-state index contributed by atoms with van der Waals surface area (Å²) in [6, 6.07) is 12.2. The van der Waals surface area contributed by atoms with Crippen molar-refractivity contribution in [2.45, 2.75) is 0 Å². The third kappa shape index (κ3) is 5.24. The highest BCUT2D eigenvalue weighted by Gasteiger charge is 2.12. The van der Waals surface area contributed by atoms with Crippen molar-refractivity contribution in [1.29, 1.82) is 0 Å². The first kappa shape index (κ1) is 20.6. The molecule has 0 spiro atoms. The zero-order valence-electron chi connectivity index (χ0n) is 15.8. The number of benzene rings is 2. The number of halogens is 1. The predicted octanol–water partition coefficient (Wildman–Crippen LogP) is 3.88. The Morgan fingerprint density at radius 3 is 2.59 bits per heavy atom. The molecule has 3 rings (SSSR count). The lowest BCUT2D eigenvalue weighted by Gasteiger charge is -2.07. The van der Waals surface area contributed by atoms with Gasteiger partial charge in [-0.05, 0) is 42.5 Å². The number of aromatic nitrogens is 1. The van der Waals surface area contributed by atoms with Crippen molar-refractivity contribution >= 4 is 45.6 Å². The van der Waals surface area contributed by atoms with E-state index in [0.717, 1.165) is 11.3 Å². The van der Waals surface area contributed by atoms with Crippen LogP contribution in [0.15, 0.2) is 47.8 Å². The molecule has 0 unspecified atom stereocenters. The van der Waals surface area contributed by atoms with Crippen LogP contribution < -0.4 is 20.7 Å². The molecule has 0 atom stereocenters. The molecule has 9 heteroatoms. The zero-order chi connectivity index (χ0) is 20.8. The number of carbonyl (C=O) groups is 2. The van der Waals surface area contributed by atoms with E-state index in [9.17, 15) is 9.59 Å². The molecule has 0 aliphatic heterocycles. The van der Waals surface area contributed by atoms with Crippen molar-refractivity contribution < 1.29 is 14.3 Å². The Kier molecular flexibility index (Phi) is 6.69. The Morgan fingerprint density at radius 1 is 1.17 bits per heavy atom. The Bertz CT molecular complexity index is 1020. The van der Waals surface area contributed by atoms with Gasteiger partial charge in [-0.1, -0.05) is 11.6 Å². The lowest BCUT2D eigenvalue weighted by atomic mass is 10.1. The second-order valence-corrected chi connectivity index (χ2v) is 7.21. The molecule has 1 aromatic heterocycles. The highest BCUT2D eigenvalue weighted by atomic mass is 35.5. The summed E-state index contributed by atoms with van der Waals surface area (Å²) in [6.07, 6.45) is 0. The minimum atomic E-state index is -0.274. The summed E-state index contributed by atoms with van der Waals surface area (Å²) in [6.45, 7) is 0.165. The van der Waals surface area contributed by atoms with Gasteiger partial charge in [0.2, 0.25) is 5.91 Å². The van der Waals surface area contributed by atoms with Gasteiger partial charge in [-0.15, -0.1) is 11.3 Å². The predicted molar refractivity (Wildman–Crippen MR) is 116 cm³/mol. The normalized spacial score (nSPS) is 10.3. The molecule has 0 radical (unpaired) electrons. The van der Waals surface area contributed by atoms with E-state index in [2.05, 4.69) is 20.9 Å². The number of ether oxygens (including phenoxy) is 1. The van der Waals surface area contributed by atoms with Crippen molar-refractivity contribution in [3.05, 3.63) is 58.4 Å². The van der Waals surface area contributed by atoms with Crippen LogP contribution in [0, 0.1) is 0 Å². The van der Waals surface area contributed by atoms with Gasteiger partial charge in [0.05, 0.1) is 24.4 Å². The maximum absolute atomic E-state index is 12.5. The lowest BCUT2D eigenvalue weighted by Crippen LogP contribution is -2.26. The molecule has 0 saturated carbocycles. The Morgan fingerprint density at radius 2 is 1.93 bits per heavy atom. The van der Waals surface area contributed by atoms with Gasteiger partial charge in [0.25, 0.3) is 5.91 Å². The van der Waals surface area contributed by atoms with Gasteiger partial charge in [-0.2, -0.15) is 0 Å². The molecule has 2 aromatic carbocycles. The monoisotopic (exact) mass is 430 g/mol. The largest absolute Gasteiger partial charge is 0.497 e. The lowest BCUT2D eigenvalue weighted by molar-refractivity contribution is -0.118. The third-order valence-corrected chi connectivity index (χ3v) is 5.13. The van der Waals surface area contributed by atoms with Gasteiger partial charge in [-0.25, -0.2) is 4.98 Å². The molecule has 3 aromatic rings. The number of nitrogens with one attached hydrogen (secondary N) is 3. The number of hydrogen-bond donors (Lipinski definition) is 3. The minimum absolute atomic E-state index is 0.122. The quantitative estimate of drug-likeness (QED) is 0.529. The molecular weight excluding hydrogens is 412 g/mol. The Balaban J connectivity index is 1.65. The molecule has 150 valence electrons. The van der Waals surface area contributed by atoms with E-state index in [1.54, 1.807) is 50.6 Å². The standard InChI is InChI=1S/C20H19ClN4O3S/c1-22-18(26)10-23-13-5-3-12(4-6-13)19(27)25-20-24-17(11-29-20)15-8-7-14(28-2)9-16(15)21/h3-9,11,23H,10H2,1-2H3,(H,22,26)(H,24,25,27). The number of amides is 2. The number of carbonyl (C=O) groups excluding carboxylic acids is 2. The van der Waals surface area contributed by atoms with Crippen molar-refractivity contribution in [2.24, 2.45) is 0 Å². The van der Waals surface area contributed by atoms with E-state index in [1.165, 1.54) is 11.3 Å². The van der Waals surface area contributed by atoms with E-state index in [1.807, 2.05) is 11.4 Å². The first-order valence-corrected chi connectivity index (χ1v) is 9.91. The van der Waals surface area contributed by atoms with Crippen molar-refractivity contribution in [3.63, 3.8) is 0 Å². The molecule has 7 nitrogen and oxygen atoms in total. The first-order valence-electron chi connectivity index (χ1n) is 8.65. The van der Waals surface area contributed by atoms with Gasteiger partial charge < -0.3 is 15.4 Å². The van der Waals surface area contributed by atoms with Crippen LogP contribution in [0.4, 0.5) is 10.8 Å². The topological polar surface area (TPSA) is 92.4 Å². The first-order chi connectivity index (χ1) is 14.0. The van der Waals surface area contributed by atoms with Crippen LogP contribution >= 0.6 is 22.9 Å². The van der Waals surface area contributed by atoms with Crippen LogP contribution in [0.1, 0.15) is 10.4 Å². The maximum atomic E-state index is 12.5. The summed E-state index contributed by atoms with van der Waals surface area (Å²) >= 11 is 7.60. The van der Waals surface area contributed by atoms with Gasteiger partial charge >= 0.3 is 0 Å². The van der Waals surface area contributed by atoms with E-state index in [4.69, 9.17) is 16.3 Å². The van der Waals surface area contributed by atoms with Crippen LogP contribution in [0.25, 0.3) is 11.3 Å². The van der Waals surface area contributed by atoms with Gasteiger partial charge in [0.1, 0.15) is 5.75 Å². The van der Waals surface area contributed by atoms with E-state index >= 15 is 0 Å². The number of nitrogens with zero attached hydrogens (tertiary/aromatic N) is 1. The second kappa shape index (κ2) is 9.40. The van der Waals surface area contributed by atoms with E-state index < -0.39 is 0 Å². The average Bonchev–Trinajstić information content (AvgIpc) is 3.20. The molecule has 1 heterocycles. The fraction of sp³-hybridized carbons (Fsp3) is 0.150. The second-order valence-electron chi connectivity index (χ2n) is 5.94. The smallest absolute Gasteiger partial charge is 0.257 e. The number of rotatable bonds is 7. The van der Waals surface area contributed by atoms with Crippen molar-refractivity contribution in [3.8, 4) is 17.0 Å². The Hall–Kier alpha value is -3.10. The van der Waals surface area contributed by atoms with Crippen LogP contribution in [-0.4, -0.2) is 37.5 Å². The van der Waals surface area contributed by atoms with Crippen molar-refractivity contribution in [2.75, 3.05) is 31.3 Å². The fourth-order valence-electron chi connectivity index (χ4n) is 2.46. The van der Waals surface area contributed by atoms with Gasteiger partial charge in [-0.3, -0.25) is 14.9 Å². The summed E-state index contributed by atoms with van der Waals surface area (Å²) in [5.41, 5.74) is 2.66. The van der Waals surface area contributed by atoms with Crippen LogP contribution in [0.2, 0.25) is 5.02 Å². The number of hydrogen-bond acceptors (Lipinski definition) is 6. The maximum Gasteiger partial charge on any atom is 0.257 e. The van der Waals surface area contributed by atoms with Crippen LogP contribution in [0.3, 0.4) is 0 Å². The summed E-state index contributed by atoms with van der Waals surface area (Å²) in [4.78, 5) is 28.2. The number of thiazole rings is 1. The molecule has 0 aliphatic rings. The van der Waals surface area contributed by atoms with Crippen LogP contribution in [-0.2, 0) is 4.79 Å². The molecule has 3 N–H and O–H groups in total. The third-order valence-electron chi connectivity index (χ3n) is 4.06. The van der Waals surface area contributed by atoms with Crippen LogP contribution in [0.5, 0.6) is 5.75 Å². The van der Waals surface area contributed by atoms with E-state index in [-0.39, 0.29) is 18.4 Å². The fourth-order valence-corrected chi connectivity index (χ4v) is 3.44. The summed E-state index contributed by atoms with van der Waals surface area (Å²) < 4.78 is 5.15. The molecular formula is C20H19ClN4O3S. The van der Waals surface area contributed by atoms with E-state index in [0.29, 0.717) is 27.2 Å². The van der Waals surface area contributed by atoms with Gasteiger partial charge in [0, 0.05) is 29.2 Å². The SMILES string of the molecule is CNC(=O)CNc1ccc(C(=O)Nc2nc(-c3ccc(OC)cc3Cl)cs2)cc1. The summed E-state index contributed by atoms with van der Waals surface area (Å²) in [7, 11) is 3.15. The Labute approximate surface area is 177 Å². The minimum Gasteiger partial charge on any atom is -0.497 e. The summed E-state index contributed by atoms with van der Waals surface area (Å²) in [5, 5.41) is 11.1. The molecule has 0 bridgehead atoms. The molecule has 0 fully saturated rings. The number of likely N-dealkylation sites (N-methyl/N-ethyl adjacent to an activating group) is 1. The summed E-state index contributed by atoms with van der Waals surface area (Å²) in [5.74, 6) is 0.267. The molecule has 0 saturated heterocycles. The molecule has 29 heavy (non-hydrogen) atoms.